The van der Waals surface area contributed by atoms with Gasteiger partial charge >= 0.3 is 0 Å². The van der Waals surface area contributed by atoms with Crippen LogP contribution in [0.5, 0.6) is 0 Å². The number of benzene rings is 2. The van der Waals surface area contributed by atoms with Gasteiger partial charge in [0.2, 0.25) is 5.91 Å². The van der Waals surface area contributed by atoms with E-state index >= 15 is 0 Å². The molecule has 0 aliphatic heterocycles. The van der Waals surface area contributed by atoms with Crippen LogP contribution in [0.4, 0.5) is 0 Å². The molecule has 0 fully saturated rings. The van der Waals surface area contributed by atoms with Crippen LogP contribution in [-0.4, -0.2) is 17.9 Å². The second-order valence-electron chi connectivity index (χ2n) is 5.72. The Labute approximate surface area is 152 Å². The van der Waals surface area contributed by atoms with E-state index in [1.54, 1.807) is 6.07 Å². The lowest BCUT2D eigenvalue weighted by Gasteiger charge is -2.09. The summed E-state index contributed by atoms with van der Waals surface area (Å²) < 4.78 is 6.49. The normalized spacial score (nSPS) is 12.2. The van der Waals surface area contributed by atoms with Crippen LogP contribution >= 0.6 is 15.9 Å². The summed E-state index contributed by atoms with van der Waals surface area (Å²) in [7, 11) is 0. The van der Waals surface area contributed by atoms with E-state index in [9.17, 15) is 9.59 Å². The molecular weight excluding hydrogens is 386 g/mol. The van der Waals surface area contributed by atoms with E-state index in [-0.39, 0.29) is 5.76 Å². The van der Waals surface area contributed by atoms with E-state index in [0.717, 1.165) is 21.0 Å². The Morgan fingerprint density at radius 3 is 2.56 bits per heavy atom. The van der Waals surface area contributed by atoms with Crippen molar-refractivity contribution in [2.75, 3.05) is 0 Å². The van der Waals surface area contributed by atoms with Crippen molar-refractivity contribution in [2.24, 2.45) is 17.2 Å². The van der Waals surface area contributed by atoms with Gasteiger partial charge in [0.1, 0.15) is 5.58 Å². The molecule has 7 heteroatoms. The quantitative estimate of drug-likeness (QED) is 0.606. The molecule has 6 nitrogen and oxygen atoms in total. The Morgan fingerprint density at radius 2 is 1.88 bits per heavy atom. The number of carbonyl (C=O) groups is 2. The second kappa shape index (κ2) is 6.70. The lowest BCUT2D eigenvalue weighted by Crippen LogP contribution is -2.38. The van der Waals surface area contributed by atoms with E-state index in [1.807, 2.05) is 36.4 Å². The first-order chi connectivity index (χ1) is 11.9. The predicted octanol–water partition coefficient (Wildman–Crippen LogP) is 2.32. The van der Waals surface area contributed by atoms with Crippen LogP contribution in [0.3, 0.4) is 0 Å². The van der Waals surface area contributed by atoms with Gasteiger partial charge < -0.3 is 21.6 Å². The zero-order valence-corrected chi connectivity index (χ0v) is 14.7. The molecule has 2 aromatic carbocycles. The van der Waals surface area contributed by atoms with E-state index in [0.29, 0.717) is 17.6 Å². The molecule has 0 aliphatic rings. The topological polar surface area (TPSA) is 125 Å². The van der Waals surface area contributed by atoms with Gasteiger partial charge in [-0.25, -0.2) is 0 Å². The lowest BCUT2D eigenvalue weighted by atomic mass is 9.97. The third-order valence-electron chi connectivity index (χ3n) is 3.91. The molecule has 0 aliphatic carbocycles. The zero-order valence-electron chi connectivity index (χ0n) is 13.2. The van der Waals surface area contributed by atoms with Crippen molar-refractivity contribution in [3.05, 3.63) is 58.3 Å². The lowest BCUT2D eigenvalue weighted by molar-refractivity contribution is -0.119. The van der Waals surface area contributed by atoms with Gasteiger partial charge in [0.05, 0.1) is 6.04 Å². The van der Waals surface area contributed by atoms with Crippen LogP contribution in [0.25, 0.3) is 22.1 Å². The van der Waals surface area contributed by atoms with Crippen molar-refractivity contribution < 1.29 is 14.0 Å². The number of hydrogen-bond acceptors (Lipinski definition) is 4. The van der Waals surface area contributed by atoms with Gasteiger partial charge in [-0.3, -0.25) is 9.59 Å². The Morgan fingerprint density at radius 1 is 1.12 bits per heavy atom. The highest BCUT2D eigenvalue weighted by atomic mass is 79.9. The number of nitrogens with two attached hydrogens (primary N) is 3. The SMILES string of the molecule is NC(=O)c1oc2ccc(Br)cc2c1-c1cccc(C[C@H](N)C(N)=O)c1. The van der Waals surface area contributed by atoms with E-state index < -0.39 is 17.9 Å². The number of fused-ring (bicyclic) bond motifs is 1. The zero-order chi connectivity index (χ0) is 18.1. The summed E-state index contributed by atoms with van der Waals surface area (Å²) in [6.45, 7) is 0. The summed E-state index contributed by atoms with van der Waals surface area (Å²) in [5.74, 6) is -1.13. The van der Waals surface area contributed by atoms with Crippen molar-refractivity contribution in [3.8, 4) is 11.1 Å². The first kappa shape index (κ1) is 17.2. The molecule has 0 spiro atoms. The number of halogens is 1. The van der Waals surface area contributed by atoms with Crippen LogP contribution in [0.1, 0.15) is 16.1 Å². The summed E-state index contributed by atoms with van der Waals surface area (Å²) in [6.07, 6.45) is 0.300. The molecular formula is C18H16BrN3O3. The van der Waals surface area contributed by atoms with Gasteiger partial charge in [0, 0.05) is 15.4 Å². The Balaban J connectivity index is 2.15. The van der Waals surface area contributed by atoms with E-state index in [4.69, 9.17) is 21.6 Å². The monoisotopic (exact) mass is 401 g/mol. The molecule has 0 radical (unpaired) electrons. The molecule has 6 N–H and O–H groups in total. The van der Waals surface area contributed by atoms with Crippen LogP contribution < -0.4 is 17.2 Å². The van der Waals surface area contributed by atoms with Gasteiger partial charge in [-0.05, 0) is 35.7 Å². The molecule has 0 bridgehead atoms. The van der Waals surface area contributed by atoms with Gasteiger partial charge in [-0.1, -0.05) is 40.2 Å². The molecule has 25 heavy (non-hydrogen) atoms. The largest absolute Gasteiger partial charge is 0.450 e. The van der Waals surface area contributed by atoms with Crippen LogP contribution in [-0.2, 0) is 11.2 Å². The molecule has 2 amide bonds. The molecule has 128 valence electrons. The number of amides is 2. The minimum atomic E-state index is -0.777. The minimum Gasteiger partial charge on any atom is -0.450 e. The van der Waals surface area contributed by atoms with Gasteiger partial charge in [-0.2, -0.15) is 0 Å². The molecule has 0 saturated heterocycles. The highest BCUT2D eigenvalue weighted by Gasteiger charge is 2.21. The number of carbonyl (C=O) groups excluding carboxylic acids is 2. The maximum atomic E-state index is 11.8. The molecule has 3 aromatic rings. The standard InChI is InChI=1S/C18H16BrN3O3/c19-11-4-5-14-12(8-11)15(16(25-14)18(22)24)10-3-1-2-9(6-10)7-13(20)17(21)23/h1-6,8,13H,7,20H2,(H2,21,23)(H2,22,24)/t13-/m0/s1. The maximum absolute atomic E-state index is 11.8. The number of hydrogen-bond donors (Lipinski definition) is 3. The van der Waals surface area contributed by atoms with Crippen molar-refractivity contribution >= 4 is 38.7 Å². The van der Waals surface area contributed by atoms with Crippen LogP contribution in [0.2, 0.25) is 0 Å². The Kier molecular flexibility index (Phi) is 4.61. The molecule has 0 unspecified atom stereocenters. The molecule has 0 saturated carbocycles. The molecule has 1 aromatic heterocycles. The highest BCUT2D eigenvalue weighted by molar-refractivity contribution is 9.10. The van der Waals surface area contributed by atoms with Gasteiger partial charge in [-0.15, -0.1) is 0 Å². The fraction of sp³-hybridized carbons (Fsp3) is 0.111. The summed E-state index contributed by atoms with van der Waals surface area (Å²) >= 11 is 3.42. The third kappa shape index (κ3) is 3.42. The van der Waals surface area contributed by atoms with Crippen LogP contribution in [0.15, 0.2) is 51.4 Å². The van der Waals surface area contributed by atoms with E-state index in [1.165, 1.54) is 0 Å². The van der Waals surface area contributed by atoms with Crippen LogP contribution in [0, 0.1) is 0 Å². The number of primary amides is 2. The second-order valence-corrected chi connectivity index (χ2v) is 6.64. The number of rotatable bonds is 5. The Hall–Kier alpha value is -2.64. The first-order valence-corrected chi connectivity index (χ1v) is 8.32. The fourth-order valence-corrected chi connectivity index (χ4v) is 3.10. The summed E-state index contributed by atoms with van der Waals surface area (Å²) in [6, 6.07) is 12.0. The molecule has 1 heterocycles. The van der Waals surface area contributed by atoms with Crippen molar-refractivity contribution in [1.29, 1.82) is 0 Å². The predicted molar refractivity (Wildman–Crippen MR) is 98.7 cm³/mol. The Bertz CT molecular complexity index is 981. The first-order valence-electron chi connectivity index (χ1n) is 7.53. The summed E-state index contributed by atoms with van der Waals surface area (Å²) in [5, 5.41) is 0.763. The minimum absolute atomic E-state index is 0.0875. The van der Waals surface area contributed by atoms with Gasteiger partial charge in [0.15, 0.2) is 5.76 Å². The van der Waals surface area contributed by atoms with Crippen molar-refractivity contribution in [2.45, 2.75) is 12.5 Å². The van der Waals surface area contributed by atoms with Crippen molar-refractivity contribution in [1.82, 2.24) is 0 Å². The summed E-state index contributed by atoms with van der Waals surface area (Å²) in [4.78, 5) is 23.0. The van der Waals surface area contributed by atoms with Gasteiger partial charge in [0.25, 0.3) is 5.91 Å². The highest BCUT2D eigenvalue weighted by Crippen LogP contribution is 2.36. The van der Waals surface area contributed by atoms with Crippen molar-refractivity contribution in [3.63, 3.8) is 0 Å². The summed E-state index contributed by atoms with van der Waals surface area (Å²) in [5.41, 5.74) is 19.2. The fourth-order valence-electron chi connectivity index (χ4n) is 2.74. The molecule has 3 rings (SSSR count). The molecule has 1 atom stereocenters. The average molecular weight is 402 g/mol. The maximum Gasteiger partial charge on any atom is 0.285 e. The third-order valence-corrected chi connectivity index (χ3v) is 4.40. The smallest absolute Gasteiger partial charge is 0.285 e. The van der Waals surface area contributed by atoms with E-state index in [2.05, 4.69) is 15.9 Å². The average Bonchev–Trinajstić information content (AvgIpc) is 2.93. The number of furan rings is 1.